The monoisotopic (exact) mass is 260 g/mol. The van der Waals surface area contributed by atoms with Gasteiger partial charge in [-0.1, -0.05) is 6.92 Å². The van der Waals surface area contributed by atoms with Gasteiger partial charge in [0.2, 0.25) is 0 Å². The van der Waals surface area contributed by atoms with E-state index in [2.05, 4.69) is 22.1 Å². The van der Waals surface area contributed by atoms with Crippen LogP contribution in [0, 0.1) is 0 Å². The minimum atomic E-state index is 0.648. The fourth-order valence-electron chi connectivity index (χ4n) is 2.88. The Bertz CT molecular complexity index is 416. The van der Waals surface area contributed by atoms with Crippen LogP contribution in [-0.4, -0.2) is 28.6 Å². The molecule has 1 saturated carbocycles. The van der Waals surface area contributed by atoms with Crippen LogP contribution >= 0.6 is 0 Å². The van der Waals surface area contributed by atoms with E-state index in [1.54, 1.807) is 0 Å². The highest BCUT2D eigenvalue weighted by Gasteiger charge is 2.23. The molecule has 1 unspecified atom stereocenters. The van der Waals surface area contributed by atoms with E-state index in [4.69, 9.17) is 4.98 Å². The molecule has 2 aliphatic rings. The number of hydrogen-bond acceptors (Lipinski definition) is 4. The standard InChI is InChI=1S/C15H24N4/c1-2-14-5-3-4-8-19(14)15-11-16-9-13(18-15)10-17-12-6-7-12/h9,11-12,14,17H,2-8,10H2,1H3. The second-order valence-corrected chi connectivity index (χ2v) is 5.78. The molecule has 1 saturated heterocycles. The van der Waals surface area contributed by atoms with E-state index in [0.717, 1.165) is 30.6 Å². The smallest absolute Gasteiger partial charge is 0.147 e. The Hall–Kier alpha value is -1.16. The first-order valence-corrected chi connectivity index (χ1v) is 7.67. The molecule has 1 aromatic rings. The molecule has 0 radical (unpaired) electrons. The van der Waals surface area contributed by atoms with Crippen LogP contribution in [-0.2, 0) is 6.54 Å². The molecule has 1 aliphatic heterocycles. The average molecular weight is 260 g/mol. The summed E-state index contributed by atoms with van der Waals surface area (Å²) in [5, 5.41) is 3.51. The highest BCUT2D eigenvalue weighted by atomic mass is 15.2. The van der Waals surface area contributed by atoms with Crippen molar-refractivity contribution < 1.29 is 0 Å². The minimum absolute atomic E-state index is 0.648. The molecule has 0 spiro atoms. The quantitative estimate of drug-likeness (QED) is 0.883. The van der Waals surface area contributed by atoms with Crippen LogP contribution in [0.4, 0.5) is 5.82 Å². The van der Waals surface area contributed by atoms with Crippen LogP contribution in [0.2, 0.25) is 0 Å². The van der Waals surface area contributed by atoms with Crippen molar-refractivity contribution in [1.82, 2.24) is 15.3 Å². The summed E-state index contributed by atoms with van der Waals surface area (Å²) in [5.41, 5.74) is 1.07. The summed E-state index contributed by atoms with van der Waals surface area (Å²) in [6.45, 7) is 4.26. The van der Waals surface area contributed by atoms with Crippen molar-refractivity contribution in [3.8, 4) is 0 Å². The Labute approximate surface area is 115 Å². The summed E-state index contributed by atoms with van der Waals surface area (Å²) in [4.78, 5) is 11.6. The Kier molecular flexibility index (Phi) is 3.97. The molecule has 0 amide bonds. The number of rotatable bonds is 5. The first kappa shape index (κ1) is 12.9. The highest BCUT2D eigenvalue weighted by Crippen LogP contribution is 2.24. The lowest BCUT2D eigenvalue weighted by molar-refractivity contribution is 0.446. The van der Waals surface area contributed by atoms with Crippen LogP contribution in [0.5, 0.6) is 0 Å². The maximum Gasteiger partial charge on any atom is 0.147 e. The number of piperidine rings is 1. The molecule has 2 fully saturated rings. The zero-order chi connectivity index (χ0) is 13.1. The normalized spacial score (nSPS) is 23.6. The van der Waals surface area contributed by atoms with Gasteiger partial charge >= 0.3 is 0 Å². The van der Waals surface area contributed by atoms with Crippen molar-refractivity contribution in [2.24, 2.45) is 0 Å². The number of hydrogen-bond donors (Lipinski definition) is 1. The van der Waals surface area contributed by atoms with Gasteiger partial charge in [0.15, 0.2) is 0 Å². The predicted molar refractivity (Wildman–Crippen MR) is 77.2 cm³/mol. The molecule has 1 N–H and O–H groups in total. The fraction of sp³-hybridized carbons (Fsp3) is 0.733. The predicted octanol–water partition coefficient (Wildman–Crippen LogP) is 2.50. The Morgan fingerprint density at radius 2 is 2.16 bits per heavy atom. The van der Waals surface area contributed by atoms with Crippen molar-refractivity contribution in [3.05, 3.63) is 18.1 Å². The summed E-state index contributed by atoms with van der Waals surface area (Å²) in [6, 6.07) is 1.37. The van der Waals surface area contributed by atoms with E-state index in [-0.39, 0.29) is 0 Å². The van der Waals surface area contributed by atoms with Gasteiger partial charge in [-0.2, -0.15) is 0 Å². The van der Waals surface area contributed by atoms with Gasteiger partial charge in [0, 0.05) is 31.4 Å². The molecule has 1 aromatic heterocycles. The maximum atomic E-state index is 4.80. The van der Waals surface area contributed by atoms with Gasteiger partial charge < -0.3 is 10.2 Å². The lowest BCUT2D eigenvalue weighted by Gasteiger charge is -2.36. The van der Waals surface area contributed by atoms with Crippen molar-refractivity contribution in [3.63, 3.8) is 0 Å². The largest absolute Gasteiger partial charge is 0.352 e. The molecule has 4 nitrogen and oxygen atoms in total. The van der Waals surface area contributed by atoms with E-state index in [9.17, 15) is 0 Å². The fourth-order valence-corrected chi connectivity index (χ4v) is 2.88. The van der Waals surface area contributed by atoms with Crippen LogP contribution < -0.4 is 10.2 Å². The third-order valence-electron chi connectivity index (χ3n) is 4.21. The van der Waals surface area contributed by atoms with Gasteiger partial charge in [-0.3, -0.25) is 4.98 Å². The van der Waals surface area contributed by atoms with Gasteiger partial charge in [-0.05, 0) is 38.5 Å². The third-order valence-corrected chi connectivity index (χ3v) is 4.21. The lowest BCUT2D eigenvalue weighted by Crippen LogP contribution is -2.39. The molecule has 3 rings (SSSR count). The van der Waals surface area contributed by atoms with Gasteiger partial charge in [0.25, 0.3) is 0 Å². The summed E-state index contributed by atoms with van der Waals surface area (Å²) in [6.07, 6.45) is 11.6. The van der Waals surface area contributed by atoms with E-state index >= 15 is 0 Å². The first-order valence-electron chi connectivity index (χ1n) is 7.67. The van der Waals surface area contributed by atoms with Crippen molar-refractivity contribution >= 4 is 5.82 Å². The highest BCUT2D eigenvalue weighted by molar-refractivity contribution is 5.38. The molecule has 2 heterocycles. The molecule has 19 heavy (non-hydrogen) atoms. The van der Waals surface area contributed by atoms with Crippen LogP contribution in [0.15, 0.2) is 12.4 Å². The van der Waals surface area contributed by atoms with E-state index in [0.29, 0.717) is 6.04 Å². The van der Waals surface area contributed by atoms with Gasteiger partial charge in [0.05, 0.1) is 11.9 Å². The molecule has 0 aromatic carbocycles. The zero-order valence-corrected chi connectivity index (χ0v) is 11.8. The molecule has 0 bridgehead atoms. The Balaban J connectivity index is 1.69. The van der Waals surface area contributed by atoms with Crippen LogP contribution in [0.1, 0.15) is 51.1 Å². The van der Waals surface area contributed by atoms with Gasteiger partial charge in [-0.25, -0.2) is 4.98 Å². The SMILES string of the molecule is CCC1CCCCN1c1cncc(CNC2CC2)n1. The molecular formula is C15H24N4. The minimum Gasteiger partial charge on any atom is -0.352 e. The Morgan fingerprint density at radius 1 is 1.26 bits per heavy atom. The molecule has 4 heteroatoms. The van der Waals surface area contributed by atoms with Crippen LogP contribution in [0.3, 0.4) is 0 Å². The third kappa shape index (κ3) is 3.24. The average Bonchev–Trinajstić information content (AvgIpc) is 3.29. The maximum absolute atomic E-state index is 4.80. The topological polar surface area (TPSA) is 41.1 Å². The summed E-state index contributed by atoms with van der Waals surface area (Å²) >= 11 is 0. The number of nitrogens with one attached hydrogen (secondary N) is 1. The Morgan fingerprint density at radius 3 is 2.95 bits per heavy atom. The summed E-state index contributed by atoms with van der Waals surface area (Å²) < 4.78 is 0. The van der Waals surface area contributed by atoms with Gasteiger partial charge in [-0.15, -0.1) is 0 Å². The molecular weight excluding hydrogens is 236 g/mol. The van der Waals surface area contributed by atoms with Crippen molar-refractivity contribution in [2.75, 3.05) is 11.4 Å². The summed E-state index contributed by atoms with van der Waals surface area (Å²) in [5.74, 6) is 1.07. The first-order chi connectivity index (χ1) is 9.36. The van der Waals surface area contributed by atoms with E-state index in [1.807, 2.05) is 12.4 Å². The summed E-state index contributed by atoms with van der Waals surface area (Å²) in [7, 11) is 0. The van der Waals surface area contributed by atoms with E-state index in [1.165, 1.54) is 38.5 Å². The number of anilines is 1. The number of nitrogens with zero attached hydrogens (tertiary/aromatic N) is 3. The molecule has 1 atom stereocenters. The molecule has 1 aliphatic carbocycles. The lowest BCUT2D eigenvalue weighted by atomic mass is 10.0. The van der Waals surface area contributed by atoms with Crippen molar-refractivity contribution in [1.29, 1.82) is 0 Å². The second kappa shape index (κ2) is 5.87. The van der Waals surface area contributed by atoms with Gasteiger partial charge in [0.1, 0.15) is 5.82 Å². The molecule has 104 valence electrons. The van der Waals surface area contributed by atoms with Crippen molar-refractivity contribution in [2.45, 2.75) is 64.1 Å². The number of aromatic nitrogens is 2. The van der Waals surface area contributed by atoms with E-state index < -0.39 is 0 Å². The van der Waals surface area contributed by atoms with Crippen LogP contribution in [0.25, 0.3) is 0 Å². The second-order valence-electron chi connectivity index (χ2n) is 5.78. The zero-order valence-electron chi connectivity index (χ0n) is 11.8.